The summed E-state index contributed by atoms with van der Waals surface area (Å²) in [4.78, 5) is 32.4. The molecule has 4 aromatic rings. The van der Waals surface area contributed by atoms with Crippen LogP contribution in [-0.2, 0) is 16.1 Å². The smallest absolute Gasteiger partial charge is 0.295 e. The summed E-state index contributed by atoms with van der Waals surface area (Å²) in [5, 5.41) is 11.5. The Morgan fingerprint density at radius 2 is 1.67 bits per heavy atom. The van der Waals surface area contributed by atoms with Crippen LogP contribution >= 0.6 is 0 Å². The van der Waals surface area contributed by atoms with Gasteiger partial charge in [-0.15, -0.1) is 0 Å². The quantitative estimate of drug-likeness (QED) is 0.159. The van der Waals surface area contributed by atoms with Crippen LogP contribution in [0.25, 0.3) is 5.76 Å². The Labute approximate surface area is 227 Å². The number of nitrogens with zero attached hydrogens (tertiary/aromatic N) is 2. The van der Waals surface area contributed by atoms with Crippen molar-refractivity contribution in [1.29, 1.82) is 0 Å². The molecule has 0 spiro atoms. The van der Waals surface area contributed by atoms with E-state index in [-0.39, 0.29) is 17.9 Å². The fraction of sp³-hybridized carbons (Fsp3) is 0.156. The Hall–Kier alpha value is -4.91. The predicted molar refractivity (Wildman–Crippen MR) is 147 cm³/mol. The maximum absolute atomic E-state index is 13.5. The van der Waals surface area contributed by atoms with Crippen LogP contribution in [0.4, 0.5) is 0 Å². The number of ketones is 1. The summed E-state index contributed by atoms with van der Waals surface area (Å²) < 4.78 is 11.7. The van der Waals surface area contributed by atoms with Crippen molar-refractivity contribution in [3.8, 4) is 17.2 Å². The van der Waals surface area contributed by atoms with Crippen molar-refractivity contribution in [1.82, 2.24) is 9.88 Å². The lowest BCUT2D eigenvalue weighted by Gasteiger charge is -2.25. The van der Waals surface area contributed by atoms with Gasteiger partial charge in [-0.3, -0.25) is 14.6 Å². The second kappa shape index (κ2) is 11.6. The lowest BCUT2D eigenvalue weighted by molar-refractivity contribution is -0.140. The number of Topliss-reactive ketones (excluding diaryl/α,β-unsaturated/α-hetero) is 1. The Morgan fingerprint density at radius 1 is 0.897 bits per heavy atom. The van der Waals surface area contributed by atoms with Crippen molar-refractivity contribution < 1.29 is 24.2 Å². The van der Waals surface area contributed by atoms with Gasteiger partial charge in [-0.25, -0.2) is 0 Å². The molecule has 1 fully saturated rings. The molecule has 7 heteroatoms. The van der Waals surface area contributed by atoms with Crippen LogP contribution < -0.4 is 9.47 Å². The molecule has 196 valence electrons. The molecule has 0 radical (unpaired) electrons. The van der Waals surface area contributed by atoms with Crippen LogP contribution in [0.1, 0.15) is 36.1 Å². The van der Waals surface area contributed by atoms with Gasteiger partial charge >= 0.3 is 0 Å². The summed E-state index contributed by atoms with van der Waals surface area (Å²) in [5.74, 6) is 0.0565. The van der Waals surface area contributed by atoms with Crippen molar-refractivity contribution >= 4 is 17.4 Å². The van der Waals surface area contributed by atoms with Crippen LogP contribution in [0, 0.1) is 0 Å². The predicted octanol–water partition coefficient (Wildman–Crippen LogP) is 6.28. The van der Waals surface area contributed by atoms with E-state index in [9.17, 15) is 14.7 Å². The van der Waals surface area contributed by atoms with Crippen LogP contribution in [0.3, 0.4) is 0 Å². The summed E-state index contributed by atoms with van der Waals surface area (Å²) in [6, 6.07) is 26.2. The van der Waals surface area contributed by atoms with Gasteiger partial charge < -0.3 is 19.5 Å². The minimum absolute atomic E-state index is 0.00777. The number of para-hydroxylation sites is 1. The van der Waals surface area contributed by atoms with Crippen molar-refractivity contribution in [2.24, 2.45) is 0 Å². The number of ether oxygens (including phenoxy) is 2. The first-order valence-electron chi connectivity index (χ1n) is 12.8. The highest BCUT2D eigenvalue weighted by Gasteiger charge is 2.46. The van der Waals surface area contributed by atoms with Crippen molar-refractivity contribution in [2.75, 3.05) is 6.61 Å². The third-order valence-corrected chi connectivity index (χ3v) is 6.35. The molecule has 7 nitrogen and oxygen atoms in total. The monoisotopic (exact) mass is 520 g/mol. The number of aliphatic hydroxyl groups excluding tert-OH is 1. The molecule has 0 aliphatic carbocycles. The van der Waals surface area contributed by atoms with Gasteiger partial charge in [-0.1, -0.05) is 55.5 Å². The minimum Gasteiger partial charge on any atom is -0.507 e. The van der Waals surface area contributed by atoms with Gasteiger partial charge in [-0.05, 0) is 60.0 Å². The van der Waals surface area contributed by atoms with E-state index in [1.165, 1.54) is 4.90 Å². The topological polar surface area (TPSA) is 89.0 Å². The van der Waals surface area contributed by atoms with E-state index in [1.54, 1.807) is 60.9 Å². The van der Waals surface area contributed by atoms with Crippen molar-refractivity contribution in [3.63, 3.8) is 0 Å². The number of hydrogen-bond donors (Lipinski definition) is 1. The number of aromatic nitrogens is 1. The zero-order valence-corrected chi connectivity index (χ0v) is 21.5. The van der Waals surface area contributed by atoms with Crippen LogP contribution in [0.5, 0.6) is 17.2 Å². The first kappa shape index (κ1) is 25.7. The number of pyridine rings is 1. The molecular formula is C32H28N2O5. The standard InChI is InChI=1S/C32H28N2O5/c1-2-17-38-26-14-7-11-24(19-26)30(35)28-29(34(32(37)31(28)36)21-22-9-8-16-33-20-22)23-10-6-15-27(18-23)39-25-12-4-3-5-13-25/h3-16,18-20,29,35H,2,17,21H2,1H3/b30-28+. The number of amides is 1. The molecule has 1 N–H and O–H groups in total. The Bertz CT molecular complexity index is 1500. The number of likely N-dealkylation sites (tertiary alicyclic amines) is 1. The normalized spacial score (nSPS) is 16.3. The second-order valence-corrected chi connectivity index (χ2v) is 9.15. The van der Waals surface area contributed by atoms with E-state index in [0.717, 1.165) is 12.0 Å². The Morgan fingerprint density at radius 3 is 2.44 bits per heavy atom. The van der Waals surface area contributed by atoms with Crippen molar-refractivity contribution in [2.45, 2.75) is 25.9 Å². The molecule has 1 atom stereocenters. The summed E-state index contributed by atoms with van der Waals surface area (Å²) in [5.41, 5.74) is 1.79. The van der Waals surface area contributed by atoms with E-state index in [4.69, 9.17) is 9.47 Å². The number of aliphatic hydroxyl groups is 1. The average molecular weight is 521 g/mol. The molecule has 5 rings (SSSR count). The lowest BCUT2D eigenvalue weighted by atomic mass is 9.95. The van der Waals surface area contributed by atoms with Gasteiger partial charge in [0.15, 0.2) is 0 Å². The Kier molecular flexibility index (Phi) is 7.68. The molecule has 1 saturated heterocycles. The summed E-state index contributed by atoms with van der Waals surface area (Å²) in [6.45, 7) is 2.67. The van der Waals surface area contributed by atoms with Crippen molar-refractivity contribution in [3.05, 3.63) is 126 Å². The van der Waals surface area contributed by atoms with E-state index in [0.29, 0.717) is 35.0 Å². The highest BCUT2D eigenvalue weighted by atomic mass is 16.5. The molecule has 1 aromatic heterocycles. The molecule has 1 aliphatic rings. The number of carbonyl (C=O) groups is 2. The Balaban J connectivity index is 1.59. The third kappa shape index (κ3) is 5.67. The molecule has 0 saturated carbocycles. The van der Waals surface area contributed by atoms with Gasteiger partial charge in [0, 0.05) is 24.5 Å². The van der Waals surface area contributed by atoms with Gasteiger partial charge in [0.05, 0.1) is 18.2 Å². The maximum Gasteiger partial charge on any atom is 0.295 e. The fourth-order valence-corrected chi connectivity index (χ4v) is 4.56. The summed E-state index contributed by atoms with van der Waals surface area (Å²) in [7, 11) is 0. The average Bonchev–Trinajstić information content (AvgIpc) is 3.22. The first-order chi connectivity index (χ1) is 19.0. The van der Waals surface area contributed by atoms with Gasteiger partial charge in [0.1, 0.15) is 23.0 Å². The number of carbonyl (C=O) groups excluding carboxylic acids is 2. The van der Waals surface area contributed by atoms with Gasteiger partial charge in [-0.2, -0.15) is 0 Å². The zero-order valence-electron chi connectivity index (χ0n) is 21.5. The third-order valence-electron chi connectivity index (χ3n) is 6.35. The number of hydrogen-bond acceptors (Lipinski definition) is 6. The highest BCUT2D eigenvalue weighted by Crippen LogP contribution is 2.41. The summed E-state index contributed by atoms with van der Waals surface area (Å²) in [6.07, 6.45) is 4.13. The SMILES string of the molecule is CCCOc1cccc(/C(O)=C2\C(=O)C(=O)N(Cc3cccnc3)C2c2cccc(Oc3ccccc3)c2)c1. The molecule has 2 heterocycles. The van der Waals surface area contributed by atoms with Gasteiger partial charge in [0.25, 0.3) is 11.7 Å². The van der Waals surface area contributed by atoms with E-state index in [2.05, 4.69) is 4.98 Å². The molecule has 39 heavy (non-hydrogen) atoms. The molecule has 1 unspecified atom stereocenters. The second-order valence-electron chi connectivity index (χ2n) is 9.15. The van der Waals surface area contributed by atoms with Crippen LogP contribution in [-0.4, -0.2) is 33.3 Å². The van der Waals surface area contributed by atoms with Crippen LogP contribution in [0.2, 0.25) is 0 Å². The molecule has 1 aliphatic heterocycles. The van der Waals surface area contributed by atoms with E-state index in [1.807, 2.05) is 49.4 Å². The minimum atomic E-state index is -0.843. The fourth-order valence-electron chi connectivity index (χ4n) is 4.56. The van der Waals surface area contributed by atoms with Gasteiger partial charge in [0.2, 0.25) is 0 Å². The summed E-state index contributed by atoms with van der Waals surface area (Å²) >= 11 is 0. The highest BCUT2D eigenvalue weighted by molar-refractivity contribution is 6.46. The zero-order chi connectivity index (χ0) is 27.2. The lowest BCUT2D eigenvalue weighted by Crippen LogP contribution is -2.29. The molecule has 3 aromatic carbocycles. The molecule has 0 bridgehead atoms. The number of benzene rings is 3. The molecular weight excluding hydrogens is 492 g/mol. The van der Waals surface area contributed by atoms with E-state index >= 15 is 0 Å². The van der Waals surface area contributed by atoms with Crippen LogP contribution in [0.15, 0.2) is 109 Å². The van der Waals surface area contributed by atoms with E-state index < -0.39 is 17.7 Å². The largest absolute Gasteiger partial charge is 0.507 e. The maximum atomic E-state index is 13.5. The number of rotatable bonds is 9. The molecule has 1 amide bonds. The first-order valence-corrected chi connectivity index (χ1v) is 12.8.